The average molecular weight is 296 g/mol. The predicted molar refractivity (Wildman–Crippen MR) is 71.9 cm³/mol. The van der Waals surface area contributed by atoms with Gasteiger partial charge in [-0.2, -0.15) is 8.42 Å². The number of hydrogen-bond donors (Lipinski definition) is 0. The molecule has 0 spiro atoms. The second kappa shape index (κ2) is 5.50. The van der Waals surface area contributed by atoms with Crippen molar-refractivity contribution in [3.63, 3.8) is 0 Å². The van der Waals surface area contributed by atoms with Crippen molar-refractivity contribution in [1.29, 1.82) is 0 Å². The first-order valence-corrected chi connectivity index (χ1v) is 7.18. The Morgan fingerprint density at radius 2 is 1.70 bits per heavy atom. The third-order valence-corrected chi connectivity index (χ3v) is 3.92. The van der Waals surface area contributed by atoms with Gasteiger partial charge in [-0.05, 0) is 42.8 Å². The van der Waals surface area contributed by atoms with Crippen LogP contribution in [0.1, 0.15) is 5.56 Å². The third kappa shape index (κ3) is 2.91. The minimum absolute atomic E-state index is 0.0805. The Morgan fingerprint density at radius 3 is 2.30 bits per heavy atom. The summed E-state index contributed by atoms with van der Waals surface area (Å²) in [5.41, 5.74) is 0.231. The summed E-state index contributed by atoms with van der Waals surface area (Å²) in [6, 6.07) is 9.86. The molecule has 0 bridgehead atoms. The van der Waals surface area contributed by atoms with Gasteiger partial charge >= 0.3 is 10.1 Å². The lowest BCUT2D eigenvalue weighted by Gasteiger charge is -2.10. The summed E-state index contributed by atoms with van der Waals surface area (Å²) in [5.74, 6) is -0.0897. The minimum atomic E-state index is -4.03. The highest BCUT2D eigenvalue weighted by Gasteiger charge is 2.19. The van der Waals surface area contributed by atoms with Gasteiger partial charge in [-0.15, -0.1) is 0 Å². The molecule has 0 unspecified atom stereocenters. The topological polar surface area (TPSA) is 52.6 Å². The average Bonchev–Trinajstić information content (AvgIpc) is 2.42. The van der Waals surface area contributed by atoms with E-state index in [1.165, 1.54) is 26.2 Å². The molecule has 6 heteroatoms. The molecule has 0 atom stereocenters. The Kier molecular flexibility index (Phi) is 3.94. The number of halogens is 1. The SMILES string of the molecule is COc1ccccc1OS(=O)(=O)c1ccc(F)c(C)c1. The number of rotatable bonds is 4. The van der Waals surface area contributed by atoms with Crippen LogP contribution in [0.15, 0.2) is 47.4 Å². The molecule has 0 heterocycles. The van der Waals surface area contributed by atoms with Gasteiger partial charge in [0.2, 0.25) is 0 Å². The van der Waals surface area contributed by atoms with E-state index in [0.717, 1.165) is 12.1 Å². The highest BCUT2D eigenvalue weighted by Crippen LogP contribution is 2.29. The molecule has 0 saturated heterocycles. The molecule has 2 aromatic carbocycles. The number of benzene rings is 2. The van der Waals surface area contributed by atoms with E-state index in [1.54, 1.807) is 18.2 Å². The molecule has 0 saturated carbocycles. The van der Waals surface area contributed by atoms with E-state index in [2.05, 4.69) is 0 Å². The van der Waals surface area contributed by atoms with Crippen molar-refractivity contribution in [2.45, 2.75) is 11.8 Å². The number of aryl methyl sites for hydroxylation is 1. The van der Waals surface area contributed by atoms with Crippen molar-refractivity contribution >= 4 is 10.1 Å². The molecule has 106 valence electrons. The van der Waals surface area contributed by atoms with Crippen molar-refractivity contribution in [3.05, 3.63) is 53.8 Å². The molecular weight excluding hydrogens is 283 g/mol. The number of hydrogen-bond acceptors (Lipinski definition) is 4. The molecule has 0 amide bonds. The Bertz CT molecular complexity index is 726. The maximum Gasteiger partial charge on any atom is 0.339 e. The van der Waals surface area contributed by atoms with Crippen molar-refractivity contribution in [2.24, 2.45) is 0 Å². The molecule has 0 radical (unpaired) electrons. The van der Waals surface area contributed by atoms with Gasteiger partial charge < -0.3 is 8.92 Å². The quantitative estimate of drug-likeness (QED) is 0.814. The van der Waals surface area contributed by atoms with Crippen LogP contribution in [0.3, 0.4) is 0 Å². The van der Waals surface area contributed by atoms with Gasteiger partial charge in [-0.3, -0.25) is 0 Å². The van der Waals surface area contributed by atoms with Gasteiger partial charge in [0.25, 0.3) is 0 Å². The van der Waals surface area contributed by atoms with E-state index in [9.17, 15) is 12.8 Å². The van der Waals surface area contributed by atoms with Crippen LogP contribution >= 0.6 is 0 Å². The van der Waals surface area contributed by atoms with Crippen molar-refractivity contribution in [1.82, 2.24) is 0 Å². The second-order valence-electron chi connectivity index (χ2n) is 4.10. The van der Waals surface area contributed by atoms with Crippen LogP contribution in [0.25, 0.3) is 0 Å². The predicted octanol–water partition coefficient (Wildman–Crippen LogP) is 2.91. The molecule has 0 aromatic heterocycles. The Hall–Kier alpha value is -2.08. The van der Waals surface area contributed by atoms with Crippen LogP contribution in [0.4, 0.5) is 4.39 Å². The standard InChI is InChI=1S/C14H13FO4S/c1-10-9-11(7-8-12(10)15)20(16,17)19-14-6-4-3-5-13(14)18-2/h3-9H,1-2H3. The van der Waals surface area contributed by atoms with Crippen LogP contribution < -0.4 is 8.92 Å². The Labute approximate surface area is 116 Å². The lowest BCUT2D eigenvalue weighted by molar-refractivity contribution is 0.390. The highest BCUT2D eigenvalue weighted by atomic mass is 32.2. The molecule has 20 heavy (non-hydrogen) atoms. The Morgan fingerprint density at radius 1 is 1.05 bits per heavy atom. The first-order valence-electron chi connectivity index (χ1n) is 5.77. The van der Waals surface area contributed by atoms with E-state index in [4.69, 9.17) is 8.92 Å². The fourth-order valence-corrected chi connectivity index (χ4v) is 2.65. The summed E-state index contributed by atoms with van der Waals surface area (Å²) >= 11 is 0. The summed E-state index contributed by atoms with van der Waals surface area (Å²) in [5, 5.41) is 0. The first kappa shape index (κ1) is 14.3. The lowest BCUT2D eigenvalue weighted by Crippen LogP contribution is -2.10. The van der Waals surface area contributed by atoms with Gasteiger partial charge in [-0.25, -0.2) is 4.39 Å². The van der Waals surface area contributed by atoms with Crippen LogP contribution in [0.2, 0.25) is 0 Å². The molecule has 2 aromatic rings. The number of ether oxygens (including phenoxy) is 1. The summed E-state index contributed by atoms with van der Waals surface area (Å²) in [6.45, 7) is 1.48. The van der Waals surface area contributed by atoms with Gasteiger partial charge in [0.05, 0.1) is 7.11 Å². The zero-order valence-electron chi connectivity index (χ0n) is 11.0. The van der Waals surface area contributed by atoms with E-state index in [0.29, 0.717) is 5.75 Å². The molecule has 0 N–H and O–H groups in total. The minimum Gasteiger partial charge on any atom is -0.493 e. The summed E-state index contributed by atoms with van der Waals surface area (Å²) in [7, 11) is -2.62. The molecule has 0 aliphatic rings. The van der Waals surface area contributed by atoms with Crippen molar-refractivity contribution in [2.75, 3.05) is 7.11 Å². The second-order valence-corrected chi connectivity index (χ2v) is 5.65. The maximum absolute atomic E-state index is 13.2. The Balaban J connectivity index is 2.38. The monoisotopic (exact) mass is 296 g/mol. The van der Waals surface area contributed by atoms with Crippen LogP contribution in [-0.2, 0) is 10.1 Å². The van der Waals surface area contributed by atoms with Gasteiger partial charge in [-0.1, -0.05) is 12.1 Å². The summed E-state index contributed by atoms with van der Waals surface area (Å²) in [4.78, 5) is -0.109. The zero-order valence-corrected chi connectivity index (χ0v) is 11.8. The molecule has 0 aliphatic heterocycles. The van der Waals surface area contributed by atoms with Crippen molar-refractivity contribution < 1.29 is 21.7 Å². The van der Waals surface area contributed by atoms with Crippen LogP contribution in [0.5, 0.6) is 11.5 Å². The van der Waals surface area contributed by atoms with Crippen LogP contribution in [0, 0.1) is 12.7 Å². The fourth-order valence-electron chi connectivity index (χ4n) is 1.63. The molecule has 2 rings (SSSR count). The largest absolute Gasteiger partial charge is 0.493 e. The summed E-state index contributed by atoms with van der Waals surface area (Å²) < 4.78 is 47.5. The maximum atomic E-state index is 13.2. The van der Waals surface area contributed by atoms with E-state index < -0.39 is 15.9 Å². The normalized spacial score (nSPS) is 11.2. The summed E-state index contributed by atoms with van der Waals surface area (Å²) in [6.07, 6.45) is 0. The zero-order chi connectivity index (χ0) is 14.8. The van der Waals surface area contributed by atoms with Gasteiger partial charge in [0, 0.05) is 0 Å². The number of para-hydroxylation sites is 2. The number of methoxy groups -OCH3 is 1. The first-order chi connectivity index (χ1) is 9.44. The van der Waals surface area contributed by atoms with E-state index in [1.807, 2.05) is 0 Å². The molecule has 0 aliphatic carbocycles. The molecular formula is C14H13FO4S. The third-order valence-electron chi connectivity index (χ3n) is 2.69. The smallest absolute Gasteiger partial charge is 0.339 e. The van der Waals surface area contributed by atoms with E-state index in [-0.39, 0.29) is 16.2 Å². The lowest BCUT2D eigenvalue weighted by atomic mass is 10.2. The van der Waals surface area contributed by atoms with E-state index >= 15 is 0 Å². The molecule has 4 nitrogen and oxygen atoms in total. The van der Waals surface area contributed by atoms with Gasteiger partial charge in [0.1, 0.15) is 10.7 Å². The van der Waals surface area contributed by atoms with Crippen LogP contribution in [-0.4, -0.2) is 15.5 Å². The fraction of sp³-hybridized carbons (Fsp3) is 0.143. The van der Waals surface area contributed by atoms with Gasteiger partial charge in [0.15, 0.2) is 11.5 Å². The van der Waals surface area contributed by atoms with Crippen molar-refractivity contribution in [3.8, 4) is 11.5 Å². The molecule has 0 fully saturated rings. The highest BCUT2D eigenvalue weighted by molar-refractivity contribution is 7.87.